The summed E-state index contributed by atoms with van der Waals surface area (Å²) in [5.41, 5.74) is 0. The molecular weight excluding hydrogens is 1110 g/mol. The molecule has 0 fully saturated rings. The van der Waals surface area contributed by atoms with Crippen LogP contribution in [0.4, 0.5) is 0 Å². The molecule has 1 amide bonds. The number of hydrogen-bond donors (Lipinski definition) is 3. The lowest BCUT2D eigenvalue weighted by Gasteiger charge is -2.20. The van der Waals surface area contributed by atoms with E-state index < -0.39 is 12.1 Å². The van der Waals surface area contributed by atoms with E-state index in [4.69, 9.17) is 4.74 Å². The van der Waals surface area contributed by atoms with Crippen LogP contribution in [0.1, 0.15) is 457 Å². The van der Waals surface area contributed by atoms with Gasteiger partial charge < -0.3 is 20.3 Å². The van der Waals surface area contributed by atoms with Crippen molar-refractivity contribution in [3.8, 4) is 0 Å². The smallest absolute Gasteiger partial charge is 0.305 e. The molecule has 0 saturated heterocycles. The molecule has 0 aromatic rings. The number of carbonyl (C=O) groups excluding carboxylic acids is 2. The monoisotopic (exact) mass is 1280 g/mol. The summed E-state index contributed by atoms with van der Waals surface area (Å²) >= 11 is 0. The van der Waals surface area contributed by atoms with Crippen LogP contribution in [-0.4, -0.2) is 47.4 Å². The number of allylic oxidation sites excluding steroid dienone is 7. The summed E-state index contributed by atoms with van der Waals surface area (Å²) in [6.45, 7) is 4.90. The molecule has 6 nitrogen and oxygen atoms in total. The van der Waals surface area contributed by atoms with Gasteiger partial charge in [0, 0.05) is 12.8 Å². The van der Waals surface area contributed by atoms with Gasteiger partial charge in [-0.2, -0.15) is 0 Å². The standard InChI is InChI=1S/C85H161NO5/c1-3-5-7-9-11-13-15-17-19-20-21-41-44-47-50-53-57-61-65-69-73-77-83(88)82(81-87)86-84(89)78-74-70-66-62-58-54-51-48-45-42-39-37-35-33-31-29-27-25-23-22-24-26-28-30-32-34-36-38-40-43-46-49-52-56-60-64-68-72-76-80-91-85(90)79-75-71-67-63-59-55-18-16-14-12-10-8-6-4-2/h10,12,16,18,22-23,73,77,82-83,87-88H,3-9,11,13-15,17,19-21,24-72,74-76,78-81H2,1-2H3,(H,86,89)/b12-10-,18-16-,23-22-,77-73+. The fraction of sp³-hybridized carbons (Fsp3) is 0.882. The van der Waals surface area contributed by atoms with Crippen molar-refractivity contribution in [2.75, 3.05) is 13.2 Å². The van der Waals surface area contributed by atoms with Crippen LogP contribution in [-0.2, 0) is 14.3 Å². The molecule has 0 heterocycles. The maximum atomic E-state index is 12.5. The van der Waals surface area contributed by atoms with Crippen LogP contribution in [0.3, 0.4) is 0 Å². The first-order valence-electron chi connectivity index (χ1n) is 41.4. The fourth-order valence-electron chi connectivity index (χ4n) is 13.0. The molecule has 0 radical (unpaired) electrons. The number of aliphatic hydroxyl groups is 2. The van der Waals surface area contributed by atoms with Crippen molar-refractivity contribution in [3.63, 3.8) is 0 Å². The number of rotatable bonds is 78. The molecule has 0 aromatic heterocycles. The first-order valence-corrected chi connectivity index (χ1v) is 41.4. The molecule has 0 aliphatic heterocycles. The number of nitrogens with one attached hydrogen (secondary N) is 1. The Balaban J connectivity index is 3.35. The lowest BCUT2D eigenvalue weighted by atomic mass is 10.0. The number of unbranched alkanes of at least 4 members (excludes halogenated alkanes) is 61. The Hall–Kier alpha value is -2.18. The van der Waals surface area contributed by atoms with E-state index in [9.17, 15) is 19.8 Å². The maximum absolute atomic E-state index is 12.5. The van der Waals surface area contributed by atoms with Crippen molar-refractivity contribution in [1.82, 2.24) is 5.32 Å². The summed E-state index contributed by atoms with van der Waals surface area (Å²) in [6, 6.07) is -0.626. The van der Waals surface area contributed by atoms with Crippen molar-refractivity contribution in [3.05, 3.63) is 48.6 Å². The van der Waals surface area contributed by atoms with E-state index in [1.807, 2.05) is 6.08 Å². The van der Waals surface area contributed by atoms with E-state index >= 15 is 0 Å². The number of hydrogen-bond acceptors (Lipinski definition) is 5. The number of carbonyl (C=O) groups is 2. The zero-order valence-electron chi connectivity index (χ0n) is 61.6. The predicted molar refractivity (Wildman–Crippen MR) is 402 cm³/mol. The Morgan fingerprint density at radius 3 is 0.879 bits per heavy atom. The molecular formula is C85H161NO5. The second kappa shape index (κ2) is 80.3. The van der Waals surface area contributed by atoms with Crippen molar-refractivity contribution in [1.29, 1.82) is 0 Å². The normalized spacial score (nSPS) is 12.7. The van der Waals surface area contributed by atoms with Crippen LogP contribution in [0.5, 0.6) is 0 Å². The SMILES string of the molecule is CCCC/C=C\C/C=C\CCCCCCCC(=O)OCCCCCCCCCCCCCCCCCCCC/C=C\CCCCCCCCCCCCCCCCCCCC(=O)NC(CO)C(O)/C=C/CCCCCCCCCCCCCCCCCCCCC. The lowest BCUT2D eigenvalue weighted by molar-refractivity contribution is -0.143. The number of ether oxygens (including phenoxy) is 1. The zero-order valence-corrected chi connectivity index (χ0v) is 61.6. The molecule has 0 aliphatic rings. The van der Waals surface area contributed by atoms with Gasteiger partial charge in [0.15, 0.2) is 0 Å². The van der Waals surface area contributed by atoms with Crippen molar-refractivity contribution < 1.29 is 24.5 Å². The largest absolute Gasteiger partial charge is 0.466 e. The van der Waals surface area contributed by atoms with Crippen LogP contribution in [0.15, 0.2) is 48.6 Å². The van der Waals surface area contributed by atoms with Gasteiger partial charge in [-0.05, 0) is 83.5 Å². The summed E-state index contributed by atoms with van der Waals surface area (Å²) in [5, 5.41) is 23.3. The Kier molecular flexibility index (Phi) is 78.3. The number of esters is 1. The van der Waals surface area contributed by atoms with Gasteiger partial charge in [0.05, 0.1) is 25.4 Å². The highest BCUT2D eigenvalue weighted by Gasteiger charge is 2.18. The minimum atomic E-state index is -0.843. The van der Waals surface area contributed by atoms with Gasteiger partial charge in [-0.25, -0.2) is 0 Å². The third kappa shape index (κ3) is 76.7. The molecule has 0 aromatic carbocycles. The van der Waals surface area contributed by atoms with E-state index in [0.29, 0.717) is 19.4 Å². The number of amides is 1. The molecule has 2 unspecified atom stereocenters. The average Bonchev–Trinajstić information content (AvgIpc) is 3.66. The molecule has 0 rings (SSSR count). The Bertz CT molecular complexity index is 1520. The zero-order chi connectivity index (χ0) is 65.6. The Morgan fingerprint density at radius 2 is 0.560 bits per heavy atom. The molecule has 6 heteroatoms. The molecule has 0 spiro atoms. The summed E-state index contributed by atoms with van der Waals surface area (Å²) in [7, 11) is 0. The highest BCUT2D eigenvalue weighted by molar-refractivity contribution is 5.76. The first kappa shape index (κ1) is 88.8. The van der Waals surface area contributed by atoms with Gasteiger partial charge in [0.1, 0.15) is 0 Å². The Labute approximate surface area is 569 Å². The highest BCUT2D eigenvalue weighted by Crippen LogP contribution is 2.20. The molecule has 2 atom stereocenters. The van der Waals surface area contributed by atoms with E-state index in [0.717, 1.165) is 51.4 Å². The van der Waals surface area contributed by atoms with Gasteiger partial charge in [-0.1, -0.05) is 409 Å². The van der Waals surface area contributed by atoms with Crippen LogP contribution < -0.4 is 5.32 Å². The lowest BCUT2D eigenvalue weighted by Crippen LogP contribution is -2.45. The minimum Gasteiger partial charge on any atom is -0.466 e. The molecule has 0 bridgehead atoms. The molecule has 0 saturated carbocycles. The average molecular weight is 1280 g/mol. The van der Waals surface area contributed by atoms with Crippen molar-refractivity contribution in [2.24, 2.45) is 0 Å². The van der Waals surface area contributed by atoms with Crippen molar-refractivity contribution >= 4 is 11.9 Å². The highest BCUT2D eigenvalue weighted by atomic mass is 16.5. The molecule has 3 N–H and O–H groups in total. The summed E-state index contributed by atoms with van der Waals surface area (Å²) < 4.78 is 5.49. The van der Waals surface area contributed by atoms with Crippen LogP contribution in [0, 0.1) is 0 Å². The predicted octanol–water partition coefficient (Wildman–Crippen LogP) is 27.5. The number of aliphatic hydroxyl groups excluding tert-OH is 2. The fourth-order valence-corrected chi connectivity index (χ4v) is 13.0. The van der Waals surface area contributed by atoms with E-state index in [1.54, 1.807) is 6.08 Å². The van der Waals surface area contributed by atoms with Crippen LogP contribution in [0.2, 0.25) is 0 Å². The summed E-state index contributed by atoms with van der Waals surface area (Å²) in [4.78, 5) is 24.6. The van der Waals surface area contributed by atoms with Gasteiger partial charge in [-0.3, -0.25) is 9.59 Å². The van der Waals surface area contributed by atoms with Crippen LogP contribution in [0.25, 0.3) is 0 Å². The van der Waals surface area contributed by atoms with Gasteiger partial charge in [-0.15, -0.1) is 0 Å². The van der Waals surface area contributed by atoms with Crippen molar-refractivity contribution in [2.45, 2.75) is 469 Å². The molecule has 0 aliphatic carbocycles. The second-order valence-electron chi connectivity index (χ2n) is 28.4. The van der Waals surface area contributed by atoms with E-state index in [1.165, 1.54) is 379 Å². The molecule has 91 heavy (non-hydrogen) atoms. The summed E-state index contributed by atoms with van der Waals surface area (Å²) in [5.74, 6) is -0.0512. The van der Waals surface area contributed by atoms with Gasteiger partial charge in [0.2, 0.25) is 5.91 Å². The second-order valence-corrected chi connectivity index (χ2v) is 28.4. The minimum absolute atomic E-state index is 0.00801. The topological polar surface area (TPSA) is 95.9 Å². The maximum Gasteiger partial charge on any atom is 0.305 e. The summed E-state index contributed by atoms with van der Waals surface area (Å²) in [6.07, 6.45) is 107. The quantitative estimate of drug-likeness (QED) is 0.0320. The van der Waals surface area contributed by atoms with Gasteiger partial charge in [0.25, 0.3) is 0 Å². The van der Waals surface area contributed by atoms with E-state index in [-0.39, 0.29) is 18.5 Å². The third-order valence-electron chi connectivity index (χ3n) is 19.3. The molecule has 536 valence electrons. The van der Waals surface area contributed by atoms with E-state index in [2.05, 4.69) is 55.6 Å². The Morgan fingerprint density at radius 1 is 0.308 bits per heavy atom. The third-order valence-corrected chi connectivity index (χ3v) is 19.3. The van der Waals surface area contributed by atoms with Gasteiger partial charge >= 0.3 is 5.97 Å². The first-order chi connectivity index (χ1) is 45.0. The van der Waals surface area contributed by atoms with Crippen LogP contribution >= 0.6 is 0 Å².